The zero-order valence-corrected chi connectivity index (χ0v) is 14.8. The number of ether oxygens (including phenoxy) is 1. The number of esters is 1. The molecule has 0 N–H and O–H groups in total. The maximum atomic E-state index is 13.3. The average Bonchev–Trinajstić information content (AvgIpc) is 2.89. The van der Waals surface area contributed by atoms with Crippen molar-refractivity contribution in [3.8, 4) is 0 Å². The minimum atomic E-state index is -0.653. The first-order valence-electron chi connectivity index (χ1n) is 7.81. The van der Waals surface area contributed by atoms with Gasteiger partial charge in [-0.05, 0) is 44.4 Å². The van der Waals surface area contributed by atoms with Crippen LogP contribution in [0.3, 0.4) is 0 Å². The van der Waals surface area contributed by atoms with E-state index in [0.29, 0.717) is 16.6 Å². The molecule has 4 nitrogen and oxygen atoms in total. The fourth-order valence-corrected chi connectivity index (χ4v) is 4.34. The molecule has 0 spiro atoms. The molecule has 1 aliphatic heterocycles. The van der Waals surface area contributed by atoms with Crippen LogP contribution in [-0.2, 0) is 9.53 Å². The van der Waals surface area contributed by atoms with Crippen LogP contribution in [0.5, 0.6) is 0 Å². The lowest BCUT2D eigenvalue weighted by molar-refractivity contribution is -0.137. The van der Waals surface area contributed by atoms with Gasteiger partial charge in [0.2, 0.25) is 0 Å². The van der Waals surface area contributed by atoms with Crippen LogP contribution in [0.4, 0.5) is 4.39 Å². The normalized spacial score (nSPS) is 18.0. The summed E-state index contributed by atoms with van der Waals surface area (Å²) < 4.78 is 19.0. The Morgan fingerprint density at radius 1 is 1.42 bits per heavy atom. The van der Waals surface area contributed by atoms with Crippen molar-refractivity contribution in [3.05, 3.63) is 33.9 Å². The number of thiophene rings is 1. The van der Waals surface area contributed by atoms with Crippen molar-refractivity contribution in [1.29, 1.82) is 0 Å². The van der Waals surface area contributed by atoms with E-state index in [1.165, 1.54) is 18.2 Å². The van der Waals surface area contributed by atoms with Crippen LogP contribution >= 0.6 is 22.9 Å². The number of rotatable bonds is 3. The van der Waals surface area contributed by atoms with Crippen LogP contribution in [0.25, 0.3) is 10.1 Å². The standard InChI is InChI=1S/C17H17ClFNO3S/c1-10-4-2-3-7-20(10)14(21)9-23-17(22)16-15(18)12-6-5-11(19)8-13(12)24-16/h5-6,8,10H,2-4,7,9H2,1H3/t10-/m1/s1. The number of likely N-dealkylation sites (tertiary alicyclic amines) is 1. The maximum Gasteiger partial charge on any atom is 0.350 e. The van der Waals surface area contributed by atoms with Gasteiger partial charge in [-0.15, -0.1) is 11.3 Å². The van der Waals surface area contributed by atoms with Gasteiger partial charge in [0.05, 0.1) is 5.02 Å². The second-order valence-electron chi connectivity index (χ2n) is 5.89. The number of halogens is 2. The van der Waals surface area contributed by atoms with Gasteiger partial charge < -0.3 is 9.64 Å². The molecule has 0 unspecified atom stereocenters. The van der Waals surface area contributed by atoms with Crippen LogP contribution in [-0.4, -0.2) is 36.0 Å². The predicted octanol–water partition coefficient (Wildman–Crippen LogP) is 4.25. The summed E-state index contributed by atoms with van der Waals surface area (Å²) in [6.07, 6.45) is 3.05. The number of carbonyl (C=O) groups is 2. The predicted molar refractivity (Wildman–Crippen MR) is 92.1 cm³/mol. The molecule has 1 amide bonds. The summed E-state index contributed by atoms with van der Waals surface area (Å²) >= 11 is 7.25. The fourth-order valence-electron chi connectivity index (χ4n) is 2.91. The Kier molecular flexibility index (Phi) is 5.06. The van der Waals surface area contributed by atoms with Gasteiger partial charge >= 0.3 is 5.97 Å². The van der Waals surface area contributed by atoms with E-state index >= 15 is 0 Å². The van der Waals surface area contributed by atoms with Crippen molar-refractivity contribution in [3.63, 3.8) is 0 Å². The molecule has 7 heteroatoms. The van der Waals surface area contributed by atoms with Crippen molar-refractivity contribution in [2.24, 2.45) is 0 Å². The summed E-state index contributed by atoms with van der Waals surface area (Å²) in [7, 11) is 0. The highest BCUT2D eigenvalue weighted by Crippen LogP contribution is 2.36. The first-order valence-corrected chi connectivity index (χ1v) is 9.01. The van der Waals surface area contributed by atoms with E-state index < -0.39 is 11.8 Å². The third-order valence-corrected chi connectivity index (χ3v) is 5.86. The molecule has 1 aliphatic rings. The molecule has 1 atom stereocenters. The highest BCUT2D eigenvalue weighted by Gasteiger charge is 2.25. The van der Waals surface area contributed by atoms with Crippen molar-refractivity contribution >= 4 is 44.9 Å². The molecule has 0 aliphatic carbocycles. The molecule has 1 fully saturated rings. The van der Waals surface area contributed by atoms with E-state index in [-0.39, 0.29) is 28.5 Å². The van der Waals surface area contributed by atoms with Crippen molar-refractivity contribution in [2.45, 2.75) is 32.2 Å². The third-order valence-electron chi connectivity index (χ3n) is 4.23. The molecule has 2 heterocycles. The number of hydrogen-bond acceptors (Lipinski definition) is 4. The van der Waals surface area contributed by atoms with Gasteiger partial charge in [0.1, 0.15) is 10.7 Å². The van der Waals surface area contributed by atoms with Crippen LogP contribution in [0.2, 0.25) is 5.02 Å². The monoisotopic (exact) mass is 369 g/mol. The number of hydrogen-bond donors (Lipinski definition) is 0. The average molecular weight is 370 g/mol. The molecule has 1 aromatic carbocycles. The zero-order chi connectivity index (χ0) is 17.3. The second kappa shape index (κ2) is 7.07. The summed E-state index contributed by atoms with van der Waals surface area (Å²) in [5.74, 6) is -1.24. The number of piperidine rings is 1. The van der Waals surface area contributed by atoms with Gasteiger partial charge in [-0.3, -0.25) is 4.79 Å². The van der Waals surface area contributed by atoms with Gasteiger partial charge in [0, 0.05) is 22.7 Å². The SMILES string of the molecule is C[C@@H]1CCCCN1C(=O)COC(=O)c1sc2cc(F)ccc2c1Cl. The molecule has 0 bridgehead atoms. The van der Waals surface area contributed by atoms with Crippen LogP contribution in [0, 0.1) is 5.82 Å². The van der Waals surface area contributed by atoms with Crippen LogP contribution in [0.1, 0.15) is 35.9 Å². The fraction of sp³-hybridized carbons (Fsp3) is 0.412. The minimum Gasteiger partial charge on any atom is -0.451 e. The Morgan fingerprint density at radius 2 is 2.21 bits per heavy atom. The molecule has 2 aromatic rings. The first kappa shape index (κ1) is 17.2. The van der Waals surface area contributed by atoms with E-state index in [0.717, 1.165) is 30.6 Å². The Morgan fingerprint density at radius 3 is 2.96 bits per heavy atom. The topological polar surface area (TPSA) is 46.6 Å². The van der Waals surface area contributed by atoms with Gasteiger partial charge in [-0.25, -0.2) is 9.18 Å². The van der Waals surface area contributed by atoms with Crippen molar-refractivity contribution < 1.29 is 18.7 Å². The van der Waals surface area contributed by atoms with Crippen molar-refractivity contribution in [1.82, 2.24) is 4.90 Å². The lowest BCUT2D eigenvalue weighted by atomic mass is 10.0. The molecular formula is C17H17ClFNO3S. The lowest BCUT2D eigenvalue weighted by Gasteiger charge is -2.33. The van der Waals surface area contributed by atoms with Gasteiger partial charge in [0.25, 0.3) is 5.91 Å². The van der Waals surface area contributed by atoms with E-state index in [1.54, 1.807) is 4.90 Å². The number of fused-ring (bicyclic) bond motifs is 1. The maximum absolute atomic E-state index is 13.3. The summed E-state index contributed by atoms with van der Waals surface area (Å²) in [6, 6.07) is 4.31. The summed E-state index contributed by atoms with van der Waals surface area (Å²) in [4.78, 5) is 26.4. The molecule has 3 rings (SSSR count). The van der Waals surface area contributed by atoms with Gasteiger partial charge in [0.15, 0.2) is 6.61 Å². The largest absolute Gasteiger partial charge is 0.451 e. The Labute approximate surface area is 148 Å². The minimum absolute atomic E-state index is 0.167. The molecule has 1 aromatic heterocycles. The molecular weight excluding hydrogens is 353 g/mol. The van der Waals surface area contributed by atoms with Gasteiger partial charge in [-0.2, -0.15) is 0 Å². The number of nitrogens with zero attached hydrogens (tertiary/aromatic N) is 1. The summed E-state index contributed by atoms with van der Waals surface area (Å²) in [5.41, 5.74) is 0. The lowest BCUT2D eigenvalue weighted by Crippen LogP contribution is -2.44. The molecule has 1 saturated heterocycles. The Balaban J connectivity index is 1.69. The smallest absolute Gasteiger partial charge is 0.350 e. The zero-order valence-electron chi connectivity index (χ0n) is 13.2. The van der Waals surface area contributed by atoms with Crippen LogP contribution in [0.15, 0.2) is 18.2 Å². The summed E-state index contributed by atoms with van der Waals surface area (Å²) in [6.45, 7) is 2.39. The first-order chi connectivity index (χ1) is 11.5. The van der Waals surface area contributed by atoms with E-state index in [9.17, 15) is 14.0 Å². The van der Waals surface area contributed by atoms with Crippen molar-refractivity contribution in [2.75, 3.05) is 13.2 Å². The molecule has 0 saturated carbocycles. The molecule has 24 heavy (non-hydrogen) atoms. The van der Waals surface area contributed by atoms with Gasteiger partial charge in [-0.1, -0.05) is 11.6 Å². The van der Waals surface area contributed by atoms with E-state index in [4.69, 9.17) is 16.3 Å². The van der Waals surface area contributed by atoms with Crippen LogP contribution < -0.4 is 0 Å². The number of amides is 1. The number of benzene rings is 1. The second-order valence-corrected chi connectivity index (χ2v) is 7.32. The molecule has 0 radical (unpaired) electrons. The quantitative estimate of drug-likeness (QED) is 0.760. The summed E-state index contributed by atoms with van der Waals surface area (Å²) in [5, 5.41) is 0.838. The Bertz CT molecular complexity index is 791. The van der Waals surface area contributed by atoms with E-state index in [1.807, 2.05) is 6.92 Å². The molecule has 128 valence electrons. The van der Waals surface area contributed by atoms with E-state index in [2.05, 4.69) is 0 Å². The number of carbonyl (C=O) groups excluding carboxylic acids is 2. The third kappa shape index (κ3) is 3.39. The Hall–Kier alpha value is -1.66. The highest BCUT2D eigenvalue weighted by molar-refractivity contribution is 7.21. The highest BCUT2D eigenvalue weighted by atomic mass is 35.5.